The number of β-amino-alcohol motifs (C(OH)–C–C–N with tert-alkyl or cyclic N) is 3. The fourth-order valence-electron chi connectivity index (χ4n) is 16.1. The second kappa shape index (κ2) is 43.6. The van der Waals surface area contributed by atoms with Gasteiger partial charge < -0.3 is 92.8 Å². The molecule has 23 nitrogen and oxygen atoms in total. The summed E-state index contributed by atoms with van der Waals surface area (Å²) < 4.78 is 41.6. The average Bonchev–Trinajstić information content (AvgIpc) is 1.61. The topological polar surface area (TPSA) is 263 Å². The highest BCUT2D eigenvalue weighted by Gasteiger charge is 2.40. The minimum atomic E-state index is -0.944. The third kappa shape index (κ3) is 21.2. The van der Waals surface area contributed by atoms with E-state index in [9.17, 15) is 29.4 Å². The number of ether oxygens (including phenoxy) is 8. The van der Waals surface area contributed by atoms with Crippen LogP contribution in [-0.2, 0) is 33.4 Å². The van der Waals surface area contributed by atoms with Crippen LogP contribution in [-0.4, -0.2) is 224 Å². The van der Waals surface area contributed by atoms with E-state index >= 15 is 0 Å². The molecule has 0 fully saturated rings. The van der Waals surface area contributed by atoms with Gasteiger partial charge in [-0.1, -0.05) is 84.9 Å². The number of hydrogen-bond donors (Lipinski definition) is 5. The van der Waals surface area contributed by atoms with Gasteiger partial charge in [-0.25, -0.2) is 19.2 Å². The van der Waals surface area contributed by atoms with Gasteiger partial charge in [-0.05, 0) is 133 Å². The molecule has 0 radical (unpaired) electrons. The minimum Gasteiger partial charge on any atom is -0.508 e. The first kappa shape index (κ1) is 90.6. The zero-order valence-electron chi connectivity index (χ0n) is 69.3. The maximum atomic E-state index is 11.3. The Morgan fingerprint density at radius 3 is 0.848 bits per heavy atom. The Hall–Kier alpha value is -8.62. The van der Waals surface area contributed by atoms with Gasteiger partial charge >= 0.3 is 23.9 Å². The summed E-state index contributed by atoms with van der Waals surface area (Å²) >= 11 is 3.69. The molecule has 12 rings (SSSR count). The summed E-state index contributed by atoms with van der Waals surface area (Å²) in [6.45, 7) is 33.4. The number of esters is 3. The summed E-state index contributed by atoms with van der Waals surface area (Å²) in [4.78, 5) is 58.2. The molecule has 616 valence electrons. The van der Waals surface area contributed by atoms with Crippen molar-refractivity contribution in [2.45, 2.75) is 168 Å². The number of aliphatic carboxylic acids is 1. The second-order valence-electron chi connectivity index (χ2n) is 29.1. The predicted molar refractivity (Wildman–Crippen MR) is 452 cm³/mol. The molecule has 5 N–H and O–H groups in total. The van der Waals surface area contributed by atoms with E-state index < -0.39 is 11.9 Å². The third-order valence-corrected chi connectivity index (χ3v) is 24.2. The fraction of sp³-hybridized carbons (Fsp3) is 0.540. The number of fused-ring (bicyclic) bond motifs is 6. The van der Waals surface area contributed by atoms with Gasteiger partial charge in [0.15, 0.2) is 26.4 Å². The molecule has 0 spiro atoms. The zero-order valence-corrected chi connectivity index (χ0v) is 70.9. The Bertz CT molecular complexity index is 3930. The number of aliphatic hydroxyl groups excluding tert-OH is 3. The van der Waals surface area contributed by atoms with E-state index in [0.29, 0.717) is 103 Å². The molecule has 6 heterocycles. The van der Waals surface area contributed by atoms with Crippen molar-refractivity contribution in [2.75, 3.05) is 167 Å². The number of carboxylic acids is 1. The highest BCUT2D eigenvalue weighted by molar-refractivity contribution is 7.98. The maximum Gasteiger partial charge on any atom is 0.343 e. The number of methoxy groups -OCH3 is 4. The summed E-state index contributed by atoms with van der Waals surface area (Å²) in [5.74, 6) is 6.63. The molecule has 6 aliphatic heterocycles. The quantitative estimate of drug-likeness (QED) is 0.0237. The lowest BCUT2D eigenvalue weighted by molar-refractivity contribution is -0.143. The number of carbonyl (C=O) groups excluding carboxylic acids is 3. The number of phenolic OH excluding ortho intramolecular Hbond substituents is 1. The number of nitrogens with zero attached hydrogens (tertiary/aromatic N) is 6. The Balaban J connectivity index is 0.000000187. The second-order valence-corrected chi connectivity index (χ2v) is 31.1. The van der Waals surface area contributed by atoms with Crippen LogP contribution >= 0.6 is 23.5 Å². The summed E-state index contributed by atoms with van der Waals surface area (Å²) in [6, 6.07) is 37.8. The zero-order chi connectivity index (χ0) is 82.2. The lowest BCUT2D eigenvalue weighted by atomic mass is 9.97. The largest absolute Gasteiger partial charge is 0.508 e. The van der Waals surface area contributed by atoms with Crippen LogP contribution in [0.3, 0.4) is 0 Å². The van der Waals surface area contributed by atoms with E-state index in [1.807, 2.05) is 102 Å². The first-order valence-corrected chi connectivity index (χ1v) is 41.8. The van der Waals surface area contributed by atoms with Gasteiger partial charge in [0.05, 0.1) is 48.3 Å². The van der Waals surface area contributed by atoms with Crippen molar-refractivity contribution in [1.82, 2.24) is 0 Å². The molecule has 6 aromatic carbocycles. The Morgan fingerprint density at radius 1 is 0.348 bits per heavy atom. The number of aromatic hydroxyl groups is 1. The van der Waals surface area contributed by atoms with Gasteiger partial charge in [-0.2, -0.15) is 23.5 Å². The predicted octanol–water partition coefficient (Wildman–Crippen LogP) is 13.9. The molecule has 12 unspecified atom stereocenters. The molecule has 0 bridgehead atoms. The van der Waals surface area contributed by atoms with Crippen LogP contribution in [0.15, 0.2) is 109 Å². The first-order valence-electron chi connectivity index (χ1n) is 39.1. The molecule has 0 saturated carbocycles. The number of rotatable bonds is 27. The van der Waals surface area contributed by atoms with Gasteiger partial charge in [0, 0.05) is 190 Å². The normalized spacial score (nSPS) is 21.5. The number of benzene rings is 6. The van der Waals surface area contributed by atoms with Crippen LogP contribution in [0, 0.1) is 0 Å². The molecule has 112 heavy (non-hydrogen) atoms. The standard InChI is InChI=1S/C16H23NO3S.C16H23NO3.C15H21NO4.C15H21NO3S.C13H19NO2.C12H17NO2/c1-11-12(2)17(8-9-21-4)13-6-5-7-14(16(11)13)20-10-15(18)19-3;1-5-9-17-12(3)11(2)16-13(17)7-6-8-14(16)20-10-15(18)19-4;1-10-11(2)16(7-8-17)12-5-4-6-13(15(10)12)20-9-14(18)19-3;1-10-11(2)16(7-8-20-3)12-5-4-6-13(15(10)12)19-9-14(17)18;1-9-10(2)14(7-8-15)11-5-4-6-12(16-3)13(9)11;1-8-9(2)13(6-7-14)10-4-3-5-11(15)12(8)10/h5-7,11-12H,8-10H2,1-4H3;6-8,11-12H,5,9-10H2,1-4H3;4-6,10-11,17H,7-9H2,1-3H3;4-6,10-11H,7-9H2,1-3H3,(H,17,18);4-6,9-10,15H,7-8H2,1-3H3;3-5,8-9,14-15H,6-7H2,1-2H3. The molecule has 0 saturated heterocycles. The SMILES string of the molecule is CC1c2c(O)cccc2N(CCO)C1C.CCCN1c2cccc(OCC(=O)OC)c2C(C)C1C.COC(=O)COc1cccc2c1C(C)C(C)N2CCO.COC(=O)COc1cccc2c1C(C)C(C)N2CCSC.COc1cccc2c1C(C)C(C)N2CCO.CSCCN1c2cccc(OCC(=O)O)c2C(C)C1C. The molecule has 12 atom stereocenters. The Morgan fingerprint density at radius 2 is 0.589 bits per heavy atom. The monoisotopic (exact) mass is 1590 g/mol. The maximum absolute atomic E-state index is 11.3. The van der Waals surface area contributed by atoms with E-state index in [-0.39, 0.29) is 64.1 Å². The van der Waals surface area contributed by atoms with Crippen LogP contribution in [0.25, 0.3) is 0 Å². The van der Waals surface area contributed by atoms with Gasteiger partial charge in [0.1, 0.15) is 34.5 Å². The van der Waals surface area contributed by atoms with Crippen LogP contribution in [0.4, 0.5) is 34.1 Å². The number of aliphatic hydroxyl groups is 3. The van der Waals surface area contributed by atoms with Crippen molar-refractivity contribution in [1.29, 1.82) is 0 Å². The van der Waals surface area contributed by atoms with Crippen molar-refractivity contribution in [3.63, 3.8) is 0 Å². The van der Waals surface area contributed by atoms with Crippen molar-refractivity contribution in [2.24, 2.45) is 0 Å². The molecular weight excluding hydrogens is 1470 g/mol. The number of thioether (sulfide) groups is 2. The minimum absolute atomic E-state index is 0.0398. The summed E-state index contributed by atoms with van der Waals surface area (Å²) in [5, 5.41) is 45.9. The van der Waals surface area contributed by atoms with E-state index in [1.54, 1.807) is 13.2 Å². The average molecular weight is 1590 g/mol. The van der Waals surface area contributed by atoms with Crippen LogP contribution < -0.4 is 53.1 Å². The smallest absolute Gasteiger partial charge is 0.343 e. The van der Waals surface area contributed by atoms with Crippen molar-refractivity contribution in [3.05, 3.63) is 143 Å². The molecule has 0 aromatic heterocycles. The summed E-state index contributed by atoms with van der Waals surface area (Å²) in [5.41, 5.74) is 13.9. The highest BCUT2D eigenvalue weighted by Crippen LogP contribution is 2.51. The molecule has 6 aliphatic rings. The number of carbonyl (C=O) groups is 4. The van der Waals surface area contributed by atoms with Crippen LogP contribution in [0.1, 0.15) is 165 Å². The molecule has 0 amide bonds. The lowest BCUT2D eigenvalue weighted by Crippen LogP contribution is -2.33. The van der Waals surface area contributed by atoms with Crippen LogP contribution in [0.2, 0.25) is 0 Å². The van der Waals surface area contributed by atoms with Crippen LogP contribution in [0.5, 0.6) is 34.5 Å². The highest BCUT2D eigenvalue weighted by atomic mass is 32.2. The van der Waals surface area contributed by atoms with Gasteiger partial charge in [-0.3, -0.25) is 0 Å². The van der Waals surface area contributed by atoms with E-state index in [2.05, 4.69) is 170 Å². The lowest BCUT2D eigenvalue weighted by Gasteiger charge is -2.26. The molecular formula is C87H124N6O17S2. The number of carboxylic acid groups (broad SMARTS) is 1. The van der Waals surface area contributed by atoms with E-state index in [1.165, 1.54) is 60.8 Å². The number of hydrogen-bond acceptors (Lipinski definition) is 24. The summed E-state index contributed by atoms with van der Waals surface area (Å²) in [7, 11) is 5.79. The number of anilines is 6. The van der Waals surface area contributed by atoms with Crippen molar-refractivity contribution >= 4 is 81.5 Å². The van der Waals surface area contributed by atoms with Crippen molar-refractivity contribution < 1.29 is 82.6 Å². The van der Waals surface area contributed by atoms with Gasteiger partial charge in [-0.15, -0.1) is 0 Å². The Labute approximate surface area is 673 Å². The third-order valence-electron chi connectivity index (χ3n) is 23.0. The van der Waals surface area contributed by atoms with Gasteiger partial charge in [0.25, 0.3) is 0 Å². The van der Waals surface area contributed by atoms with Crippen molar-refractivity contribution in [3.8, 4) is 34.5 Å². The van der Waals surface area contributed by atoms with E-state index in [4.69, 9.17) is 39.0 Å². The number of phenols is 1. The van der Waals surface area contributed by atoms with Gasteiger partial charge in [0.2, 0.25) is 0 Å². The first-order chi connectivity index (χ1) is 53.7. The Kier molecular flexibility index (Phi) is 35.2. The molecule has 25 heteroatoms. The molecule has 0 aliphatic carbocycles. The fourth-order valence-corrected chi connectivity index (χ4v) is 16.9. The summed E-state index contributed by atoms with van der Waals surface area (Å²) in [6.07, 6.45) is 5.35. The molecule has 6 aromatic rings. The van der Waals surface area contributed by atoms with E-state index in [0.717, 1.165) is 82.9 Å².